The summed E-state index contributed by atoms with van der Waals surface area (Å²) in [7, 11) is 3.57. The summed E-state index contributed by atoms with van der Waals surface area (Å²) in [6, 6.07) is 8.60. The Hall–Kier alpha value is -2.12. The van der Waals surface area contributed by atoms with E-state index >= 15 is 0 Å². The number of nitrogens with zero attached hydrogens (tertiary/aromatic N) is 3. The average molecular weight is 430 g/mol. The van der Waals surface area contributed by atoms with Crippen molar-refractivity contribution in [3.63, 3.8) is 0 Å². The molecule has 1 atom stereocenters. The van der Waals surface area contributed by atoms with Crippen molar-refractivity contribution in [3.8, 4) is 5.75 Å². The largest absolute Gasteiger partial charge is 0.496 e. The van der Waals surface area contributed by atoms with Gasteiger partial charge < -0.3 is 15.4 Å². The van der Waals surface area contributed by atoms with Crippen molar-refractivity contribution >= 4 is 17.3 Å². The Morgan fingerprint density at radius 3 is 2.67 bits per heavy atom. The van der Waals surface area contributed by atoms with Crippen LogP contribution in [0.25, 0.3) is 0 Å². The van der Waals surface area contributed by atoms with Crippen LogP contribution in [0.4, 0.5) is 0 Å². The second-order valence-corrected chi connectivity index (χ2v) is 8.85. The Morgan fingerprint density at radius 2 is 2.00 bits per heavy atom. The molecule has 1 aromatic heterocycles. The number of rotatable bonds is 9. The van der Waals surface area contributed by atoms with E-state index in [2.05, 4.69) is 51.9 Å². The second-order valence-electron chi connectivity index (χ2n) is 7.96. The van der Waals surface area contributed by atoms with E-state index in [1.54, 1.807) is 18.4 Å². The summed E-state index contributed by atoms with van der Waals surface area (Å²) in [5, 5.41) is 10.3. The van der Waals surface area contributed by atoms with Crippen LogP contribution in [0.1, 0.15) is 54.9 Å². The number of hydrogen-bond acceptors (Lipinski definition) is 5. The third kappa shape index (κ3) is 5.95. The van der Waals surface area contributed by atoms with E-state index < -0.39 is 0 Å². The summed E-state index contributed by atoms with van der Waals surface area (Å²) in [5.41, 5.74) is 2.38. The van der Waals surface area contributed by atoms with Crippen molar-refractivity contribution in [2.24, 2.45) is 4.99 Å². The molecule has 164 valence electrons. The molecule has 0 saturated carbocycles. The van der Waals surface area contributed by atoms with Gasteiger partial charge in [0.1, 0.15) is 5.75 Å². The molecule has 30 heavy (non-hydrogen) atoms. The quantitative estimate of drug-likeness (QED) is 0.469. The molecular weight excluding hydrogens is 394 g/mol. The predicted octanol–water partition coefficient (Wildman–Crippen LogP) is 3.82. The molecule has 2 heterocycles. The van der Waals surface area contributed by atoms with Gasteiger partial charge in [-0.2, -0.15) is 0 Å². The van der Waals surface area contributed by atoms with Gasteiger partial charge in [-0.25, -0.2) is 4.98 Å². The van der Waals surface area contributed by atoms with Crippen LogP contribution < -0.4 is 15.4 Å². The Balaban J connectivity index is 1.57. The fourth-order valence-electron chi connectivity index (χ4n) is 3.86. The molecular formula is C23H35N5OS. The van der Waals surface area contributed by atoms with Crippen molar-refractivity contribution in [1.29, 1.82) is 0 Å². The molecule has 1 fully saturated rings. The van der Waals surface area contributed by atoms with Gasteiger partial charge in [-0.1, -0.05) is 32.0 Å². The number of guanidine groups is 1. The molecule has 2 N–H and O–H groups in total. The summed E-state index contributed by atoms with van der Waals surface area (Å²) >= 11 is 1.75. The molecule has 1 aliphatic rings. The highest BCUT2D eigenvalue weighted by atomic mass is 32.1. The van der Waals surface area contributed by atoms with Crippen molar-refractivity contribution < 1.29 is 4.74 Å². The number of ether oxygens (including phenoxy) is 1. The highest BCUT2D eigenvalue weighted by Crippen LogP contribution is 2.31. The Labute approximate surface area is 184 Å². The van der Waals surface area contributed by atoms with Gasteiger partial charge in [0, 0.05) is 43.4 Å². The average Bonchev–Trinajstić information content (AvgIpc) is 3.45. The summed E-state index contributed by atoms with van der Waals surface area (Å²) in [6.07, 6.45) is 3.40. The molecule has 0 aliphatic carbocycles. The number of nitrogens with one attached hydrogen (secondary N) is 2. The van der Waals surface area contributed by atoms with Crippen LogP contribution in [-0.2, 0) is 6.42 Å². The lowest BCUT2D eigenvalue weighted by atomic mass is 10.0. The normalized spacial score (nSPS) is 16.1. The third-order valence-corrected chi connectivity index (χ3v) is 6.70. The molecule has 1 aliphatic heterocycles. The first-order valence-electron chi connectivity index (χ1n) is 10.9. The van der Waals surface area contributed by atoms with Gasteiger partial charge in [0.25, 0.3) is 0 Å². The van der Waals surface area contributed by atoms with Crippen molar-refractivity contribution in [3.05, 3.63) is 45.9 Å². The van der Waals surface area contributed by atoms with E-state index in [1.165, 1.54) is 23.4 Å². The van der Waals surface area contributed by atoms with E-state index in [0.29, 0.717) is 5.92 Å². The molecule has 2 aromatic rings. The smallest absolute Gasteiger partial charge is 0.191 e. The van der Waals surface area contributed by atoms with Gasteiger partial charge >= 0.3 is 0 Å². The minimum atomic E-state index is 0.259. The first-order valence-corrected chi connectivity index (χ1v) is 11.8. The molecule has 6 nitrogen and oxygen atoms in total. The summed E-state index contributed by atoms with van der Waals surface area (Å²) in [6.45, 7) is 8.21. The molecule has 1 saturated heterocycles. The van der Waals surface area contributed by atoms with Crippen LogP contribution >= 0.6 is 11.3 Å². The molecule has 0 radical (unpaired) electrons. The number of likely N-dealkylation sites (tertiary alicyclic amines) is 1. The lowest BCUT2D eigenvalue weighted by molar-refractivity contribution is 0.239. The minimum absolute atomic E-state index is 0.259. The number of aliphatic imine (C=N–C) groups is 1. The van der Waals surface area contributed by atoms with Crippen LogP contribution in [-0.4, -0.2) is 56.2 Å². The predicted molar refractivity (Wildman–Crippen MR) is 126 cm³/mol. The first kappa shape index (κ1) is 22.6. The molecule has 0 spiro atoms. The van der Waals surface area contributed by atoms with Gasteiger partial charge in [0.15, 0.2) is 5.96 Å². The maximum atomic E-state index is 5.65. The molecule has 1 unspecified atom stereocenters. The zero-order valence-electron chi connectivity index (χ0n) is 18.6. The van der Waals surface area contributed by atoms with Crippen LogP contribution in [0.15, 0.2) is 34.6 Å². The highest BCUT2D eigenvalue weighted by molar-refractivity contribution is 7.09. The summed E-state index contributed by atoms with van der Waals surface area (Å²) in [5.74, 6) is 2.26. The molecule has 7 heteroatoms. The molecule has 0 bridgehead atoms. The fraction of sp³-hybridized carbons (Fsp3) is 0.565. The Morgan fingerprint density at radius 1 is 1.23 bits per heavy atom. The number of benzene rings is 1. The second kappa shape index (κ2) is 11.3. The van der Waals surface area contributed by atoms with Crippen molar-refractivity contribution in [1.82, 2.24) is 20.5 Å². The number of methoxy groups -OCH3 is 1. The fourth-order valence-corrected chi connectivity index (χ4v) is 4.73. The minimum Gasteiger partial charge on any atom is -0.496 e. The number of thiazole rings is 1. The SMILES string of the molecule is CN=C(NCCc1csc(C(C)C)n1)NCC(c1ccccc1OC)N1CCCC1. The number of aromatic nitrogens is 1. The monoisotopic (exact) mass is 429 g/mol. The standard InChI is InChI=1S/C23H35N5OS/c1-17(2)22-27-18(16-30-22)11-12-25-23(24-3)26-15-20(28-13-7-8-14-28)19-9-5-6-10-21(19)29-4/h5-6,9-10,16-17,20H,7-8,11-15H2,1-4H3,(H2,24,25,26). The Kier molecular flexibility index (Phi) is 8.51. The topological polar surface area (TPSA) is 61.8 Å². The van der Waals surface area contributed by atoms with Gasteiger partial charge in [-0.15, -0.1) is 11.3 Å². The number of hydrogen-bond donors (Lipinski definition) is 2. The lowest BCUT2D eigenvalue weighted by Crippen LogP contribution is -2.43. The molecule has 1 aromatic carbocycles. The van der Waals surface area contributed by atoms with Crippen molar-refractivity contribution in [2.45, 2.75) is 45.1 Å². The lowest BCUT2D eigenvalue weighted by Gasteiger charge is -2.30. The summed E-state index contributed by atoms with van der Waals surface area (Å²) in [4.78, 5) is 11.7. The van der Waals surface area contributed by atoms with Gasteiger partial charge in [-0.3, -0.25) is 9.89 Å². The Bertz CT molecular complexity index is 813. The van der Waals surface area contributed by atoms with Crippen LogP contribution in [0.5, 0.6) is 5.75 Å². The maximum absolute atomic E-state index is 5.65. The van der Waals surface area contributed by atoms with E-state index in [4.69, 9.17) is 9.72 Å². The van der Waals surface area contributed by atoms with E-state index in [1.807, 2.05) is 19.2 Å². The van der Waals surface area contributed by atoms with E-state index in [-0.39, 0.29) is 6.04 Å². The van der Waals surface area contributed by atoms with Crippen LogP contribution in [0.3, 0.4) is 0 Å². The molecule has 0 amide bonds. The summed E-state index contributed by atoms with van der Waals surface area (Å²) < 4.78 is 5.65. The van der Waals surface area contributed by atoms with Gasteiger partial charge in [0.05, 0.1) is 23.9 Å². The van der Waals surface area contributed by atoms with Gasteiger partial charge in [0.2, 0.25) is 0 Å². The first-order chi connectivity index (χ1) is 14.6. The zero-order valence-corrected chi connectivity index (χ0v) is 19.5. The zero-order chi connectivity index (χ0) is 21.3. The van der Waals surface area contributed by atoms with Crippen LogP contribution in [0, 0.1) is 0 Å². The third-order valence-electron chi connectivity index (χ3n) is 5.50. The highest BCUT2D eigenvalue weighted by Gasteiger charge is 2.26. The maximum Gasteiger partial charge on any atom is 0.191 e. The molecule has 3 rings (SSSR count). The van der Waals surface area contributed by atoms with Crippen LogP contribution in [0.2, 0.25) is 0 Å². The van der Waals surface area contributed by atoms with E-state index in [0.717, 1.165) is 50.0 Å². The van der Waals surface area contributed by atoms with E-state index in [9.17, 15) is 0 Å². The van der Waals surface area contributed by atoms with Crippen molar-refractivity contribution in [2.75, 3.05) is 40.3 Å². The number of para-hydroxylation sites is 1. The van der Waals surface area contributed by atoms with Gasteiger partial charge in [-0.05, 0) is 32.0 Å².